The second-order valence-corrected chi connectivity index (χ2v) is 7.76. The lowest BCUT2D eigenvalue weighted by molar-refractivity contribution is -0.150. The Morgan fingerprint density at radius 3 is 2.81 bits per heavy atom. The van der Waals surface area contributed by atoms with E-state index >= 15 is 0 Å². The van der Waals surface area contributed by atoms with Crippen LogP contribution >= 0.6 is 27.5 Å². The summed E-state index contributed by atoms with van der Waals surface area (Å²) in [6.07, 6.45) is 6.06. The summed E-state index contributed by atoms with van der Waals surface area (Å²) in [5, 5.41) is 1.31. The van der Waals surface area contributed by atoms with Crippen molar-refractivity contribution in [3.8, 4) is 11.5 Å². The molecule has 2 N–H and O–H groups in total. The van der Waals surface area contributed by atoms with Crippen molar-refractivity contribution in [2.45, 2.75) is 44.2 Å². The normalized spacial score (nSPS) is 15.7. The van der Waals surface area contributed by atoms with Gasteiger partial charge in [0.15, 0.2) is 11.5 Å². The molecule has 3 rings (SSSR count). The maximum atomic E-state index is 12.1. The maximum absolute atomic E-state index is 12.1. The first-order chi connectivity index (χ1) is 13.0. The van der Waals surface area contributed by atoms with Crippen LogP contribution in [0.25, 0.3) is 10.9 Å². The van der Waals surface area contributed by atoms with Crippen molar-refractivity contribution >= 4 is 44.4 Å². The monoisotopic (exact) mass is 456 g/mol. The van der Waals surface area contributed by atoms with Gasteiger partial charge in [-0.3, -0.25) is 9.78 Å². The molecular formula is C19H22BrClN2O4. The number of aromatic nitrogens is 1. The van der Waals surface area contributed by atoms with E-state index in [2.05, 4.69) is 20.9 Å². The van der Waals surface area contributed by atoms with Gasteiger partial charge >= 0.3 is 5.97 Å². The molecule has 0 radical (unpaired) electrons. The van der Waals surface area contributed by atoms with E-state index in [-0.39, 0.29) is 18.7 Å². The van der Waals surface area contributed by atoms with Gasteiger partial charge in [-0.05, 0) is 47.7 Å². The molecular weight excluding hydrogens is 436 g/mol. The minimum atomic E-state index is -0.708. The van der Waals surface area contributed by atoms with Crippen molar-refractivity contribution in [3.05, 3.63) is 27.8 Å². The van der Waals surface area contributed by atoms with E-state index in [1.165, 1.54) is 0 Å². The number of halogens is 2. The number of carbonyl (C=O) groups excluding carboxylic acids is 1. The number of methoxy groups -OCH3 is 1. The summed E-state index contributed by atoms with van der Waals surface area (Å²) in [5.41, 5.74) is 6.62. The molecule has 1 aromatic heterocycles. The van der Waals surface area contributed by atoms with E-state index in [1.807, 2.05) is 0 Å². The van der Waals surface area contributed by atoms with Crippen molar-refractivity contribution in [2.24, 2.45) is 5.73 Å². The van der Waals surface area contributed by atoms with Crippen LogP contribution < -0.4 is 15.2 Å². The van der Waals surface area contributed by atoms with Crippen molar-refractivity contribution in [3.63, 3.8) is 0 Å². The van der Waals surface area contributed by atoms with Gasteiger partial charge in [-0.25, -0.2) is 0 Å². The standard InChI is InChI=1S/C19H22BrClN2O4/c1-25-16-8-12-15(23-10-13(20)18(12)21)9-17(16)26-7-6-14(22)19(24)27-11-4-2-3-5-11/h8-11,14H,2-7,22H2,1H3. The van der Waals surface area contributed by atoms with Gasteiger partial charge in [0.05, 0.1) is 28.7 Å². The van der Waals surface area contributed by atoms with E-state index in [9.17, 15) is 4.79 Å². The summed E-state index contributed by atoms with van der Waals surface area (Å²) in [4.78, 5) is 16.4. The highest BCUT2D eigenvalue weighted by Gasteiger charge is 2.23. The summed E-state index contributed by atoms with van der Waals surface area (Å²) >= 11 is 9.67. The average Bonchev–Trinajstić information content (AvgIpc) is 3.17. The number of carbonyl (C=O) groups is 1. The molecule has 1 heterocycles. The van der Waals surface area contributed by atoms with Crippen LogP contribution in [0.5, 0.6) is 11.5 Å². The van der Waals surface area contributed by atoms with Crippen molar-refractivity contribution in [1.82, 2.24) is 4.98 Å². The number of ether oxygens (including phenoxy) is 3. The second-order valence-electron chi connectivity index (χ2n) is 6.53. The maximum Gasteiger partial charge on any atom is 0.323 e. The molecule has 8 heteroatoms. The molecule has 1 unspecified atom stereocenters. The number of benzene rings is 1. The summed E-state index contributed by atoms with van der Waals surface area (Å²) in [6, 6.07) is 2.83. The summed E-state index contributed by atoms with van der Waals surface area (Å²) in [7, 11) is 1.55. The van der Waals surface area contributed by atoms with E-state index in [0.29, 0.717) is 32.9 Å². The highest BCUT2D eigenvalue weighted by molar-refractivity contribution is 9.10. The number of hydrogen-bond donors (Lipinski definition) is 1. The van der Waals surface area contributed by atoms with Crippen LogP contribution in [0, 0.1) is 0 Å². The molecule has 1 aliphatic rings. The predicted octanol–water partition coefficient (Wildman–Crippen LogP) is 4.24. The Hall–Kier alpha value is -1.57. The smallest absolute Gasteiger partial charge is 0.323 e. The molecule has 1 aliphatic carbocycles. The van der Waals surface area contributed by atoms with Crippen LogP contribution in [-0.4, -0.2) is 36.8 Å². The van der Waals surface area contributed by atoms with Gasteiger partial charge in [0.25, 0.3) is 0 Å². The predicted molar refractivity (Wildman–Crippen MR) is 107 cm³/mol. The van der Waals surface area contributed by atoms with Gasteiger partial charge < -0.3 is 19.9 Å². The fraction of sp³-hybridized carbons (Fsp3) is 0.474. The lowest BCUT2D eigenvalue weighted by Gasteiger charge is -2.17. The van der Waals surface area contributed by atoms with Crippen LogP contribution in [0.3, 0.4) is 0 Å². The molecule has 0 aliphatic heterocycles. The van der Waals surface area contributed by atoms with Gasteiger partial charge in [0, 0.05) is 24.1 Å². The third kappa shape index (κ3) is 4.83. The molecule has 1 fully saturated rings. The molecule has 0 saturated heterocycles. The van der Waals surface area contributed by atoms with E-state index in [0.717, 1.165) is 31.1 Å². The first kappa shape index (κ1) is 20.2. The number of pyridine rings is 1. The lowest BCUT2D eigenvalue weighted by Crippen LogP contribution is -2.35. The summed E-state index contributed by atoms with van der Waals surface area (Å²) in [6.45, 7) is 0.257. The van der Waals surface area contributed by atoms with E-state index in [1.54, 1.807) is 25.4 Å². The highest BCUT2D eigenvalue weighted by atomic mass is 79.9. The van der Waals surface area contributed by atoms with Crippen molar-refractivity contribution in [1.29, 1.82) is 0 Å². The first-order valence-electron chi connectivity index (χ1n) is 8.90. The molecule has 0 amide bonds. The average molecular weight is 458 g/mol. The van der Waals surface area contributed by atoms with Gasteiger partial charge in [-0.2, -0.15) is 0 Å². The number of hydrogen-bond acceptors (Lipinski definition) is 6. The topological polar surface area (TPSA) is 83.7 Å². The molecule has 146 valence electrons. The fourth-order valence-corrected chi connectivity index (χ4v) is 3.60. The van der Waals surface area contributed by atoms with Crippen LogP contribution in [0.15, 0.2) is 22.8 Å². The molecule has 1 saturated carbocycles. The molecule has 0 bridgehead atoms. The molecule has 1 aromatic carbocycles. The quantitative estimate of drug-likeness (QED) is 0.626. The van der Waals surface area contributed by atoms with Crippen LogP contribution in [0.4, 0.5) is 0 Å². The van der Waals surface area contributed by atoms with Crippen molar-refractivity contribution in [2.75, 3.05) is 13.7 Å². The number of fused-ring (bicyclic) bond motifs is 1. The summed E-state index contributed by atoms with van der Waals surface area (Å²) in [5.74, 6) is 0.688. The van der Waals surface area contributed by atoms with Crippen molar-refractivity contribution < 1.29 is 19.0 Å². The fourth-order valence-electron chi connectivity index (χ4n) is 3.09. The van der Waals surface area contributed by atoms with Gasteiger partial charge in [0.2, 0.25) is 0 Å². The highest BCUT2D eigenvalue weighted by Crippen LogP contribution is 2.37. The zero-order valence-corrected chi connectivity index (χ0v) is 17.4. The van der Waals surface area contributed by atoms with Gasteiger partial charge in [-0.15, -0.1) is 0 Å². The lowest BCUT2D eigenvalue weighted by atomic mass is 10.2. The largest absolute Gasteiger partial charge is 0.493 e. The number of nitrogens with two attached hydrogens (primary N) is 1. The Bertz CT molecular complexity index is 827. The minimum Gasteiger partial charge on any atom is -0.493 e. The van der Waals surface area contributed by atoms with Crippen LogP contribution in [0.2, 0.25) is 5.02 Å². The number of rotatable bonds is 7. The Kier molecular flexibility index (Phi) is 6.78. The number of esters is 1. The Morgan fingerprint density at radius 2 is 2.11 bits per heavy atom. The second kappa shape index (κ2) is 9.08. The Balaban J connectivity index is 1.62. The van der Waals surface area contributed by atoms with Gasteiger partial charge in [-0.1, -0.05) is 11.6 Å². The first-order valence-corrected chi connectivity index (χ1v) is 10.1. The third-order valence-electron chi connectivity index (χ3n) is 4.62. The van der Waals surface area contributed by atoms with Crippen LogP contribution in [-0.2, 0) is 9.53 Å². The number of nitrogens with zero attached hydrogens (tertiary/aromatic N) is 1. The molecule has 6 nitrogen and oxygen atoms in total. The molecule has 27 heavy (non-hydrogen) atoms. The minimum absolute atomic E-state index is 0.0141. The summed E-state index contributed by atoms with van der Waals surface area (Å²) < 4.78 is 17.3. The Morgan fingerprint density at radius 1 is 1.37 bits per heavy atom. The molecule has 0 spiro atoms. The zero-order chi connectivity index (χ0) is 19.4. The van der Waals surface area contributed by atoms with E-state index < -0.39 is 6.04 Å². The Labute approximate surface area is 171 Å². The molecule has 2 aromatic rings. The SMILES string of the molecule is COc1cc2c(Cl)c(Br)cnc2cc1OCCC(N)C(=O)OC1CCCC1. The zero-order valence-electron chi connectivity index (χ0n) is 15.0. The third-order valence-corrected chi connectivity index (χ3v) is 5.86. The van der Waals surface area contributed by atoms with E-state index in [4.69, 9.17) is 31.5 Å². The van der Waals surface area contributed by atoms with Gasteiger partial charge in [0.1, 0.15) is 12.1 Å². The van der Waals surface area contributed by atoms with Crippen LogP contribution in [0.1, 0.15) is 32.1 Å². The molecule has 1 atom stereocenters.